The fourth-order valence-corrected chi connectivity index (χ4v) is 4.09. The lowest BCUT2D eigenvalue weighted by Crippen LogP contribution is -2.45. The Kier molecular flexibility index (Phi) is 4.67. The Balaban J connectivity index is 1.84. The van der Waals surface area contributed by atoms with Crippen LogP contribution >= 0.6 is 0 Å². The zero-order valence-corrected chi connectivity index (χ0v) is 12.4. The van der Waals surface area contributed by atoms with E-state index < -0.39 is 10.0 Å². The zero-order chi connectivity index (χ0) is 13.2. The molecule has 2 fully saturated rings. The molecule has 0 aromatic heterocycles. The van der Waals surface area contributed by atoms with E-state index in [0.29, 0.717) is 25.7 Å². The van der Waals surface area contributed by atoms with Gasteiger partial charge in [-0.25, -0.2) is 12.7 Å². The minimum atomic E-state index is -3.09. The molecule has 1 saturated heterocycles. The summed E-state index contributed by atoms with van der Waals surface area (Å²) >= 11 is 0. The second-order valence-electron chi connectivity index (χ2n) is 5.79. The molecule has 1 aliphatic carbocycles. The highest BCUT2D eigenvalue weighted by Gasteiger charge is 2.32. The van der Waals surface area contributed by atoms with Crippen LogP contribution in [-0.2, 0) is 10.0 Å². The predicted molar refractivity (Wildman–Crippen MR) is 74.0 cm³/mol. The van der Waals surface area contributed by atoms with E-state index in [2.05, 4.69) is 12.2 Å². The highest BCUT2D eigenvalue weighted by molar-refractivity contribution is 7.89. The van der Waals surface area contributed by atoms with E-state index in [9.17, 15) is 8.42 Å². The summed E-state index contributed by atoms with van der Waals surface area (Å²) in [6.07, 6.45) is 5.63. The van der Waals surface area contributed by atoms with Crippen molar-refractivity contribution in [2.45, 2.75) is 57.2 Å². The van der Waals surface area contributed by atoms with E-state index >= 15 is 0 Å². The molecule has 1 unspecified atom stereocenters. The lowest BCUT2D eigenvalue weighted by molar-refractivity contribution is 0.267. The van der Waals surface area contributed by atoms with Crippen LogP contribution in [0, 0.1) is 5.92 Å². The van der Waals surface area contributed by atoms with Gasteiger partial charge < -0.3 is 5.32 Å². The molecule has 0 aromatic carbocycles. The molecule has 0 amide bonds. The second-order valence-corrected chi connectivity index (χ2v) is 8.14. The first-order valence-electron chi connectivity index (χ1n) is 7.26. The predicted octanol–water partition coefficient (Wildman–Crippen LogP) is 1.58. The van der Waals surface area contributed by atoms with E-state index in [0.717, 1.165) is 18.8 Å². The van der Waals surface area contributed by atoms with Gasteiger partial charge in [-0.2, -0.15) is 0 Å². The summed E-state index contributed by atoms with van der Waals surface area (Å²) in [4.78, 5) is 0. The summed E-state index contributed by atoms with van der Waals surface area (Å²) < 4.78 is 26.5. The molecule has 1 heterocycles. The maximum absolute atomic E-state index is 12.4. The Morgan fingerprint density at radius 2 is 1.83 bits per heavy atom. The van der Waals surface area contributed by atoms with Crippen LogP contribution < -0.4 is 5.32 Å². The van der Waals surface area contributed by atoms with E-state index in [1.165, 1.54) is 19.3 Å². The number of sulfonamides is 1. The van der Waals surface area contributed by atoms with Crippen LogP contribution in [0.15, 0.2) is 0 Å². The van der Waals surface area contributed by atoms with Crippen molar-refractivity contribution in [2.75, 3.05) is 19.6 Å². The highest BCUT2D eigenvalue weighted by atomic mass is 32.2. The number of hydrogen-bond donors (Lipinski definition) is 1. The largest absolute Gasteiger partial charge is 0.313 e. The quantitative estimate of drug-likeness (QED) is 0.800. The van der Waals surface area contributed by atoms with Crippen molar-refractivity contribution in [2.24, 2.45) is 5.92 Å². The van der Waals surface area contributed by atoms with Gasteiger partial charge in [0.15, 0.2) is 0 Å². The van der Waals surface area contributed by atoms with Crippen molar-refractivity contribution in [3.8, 4) is 0 Å². The molecule has 1 saturated carbocycles. The van der Waals surface area contributed by atoms with Crippen molar-refractivity contribution < 1.29 is 8.42 Å². The topological polar surface area (TPSA) is 49.4 Å². The maximum Gasteiger partial charge on any atom is 0.217 e. The molecule has 18 heavy (non-hydrogen) atoms. The van der Waals surface area contributed by atoms with Crippen molar-refractivity contribution in [3.63, 3.8) is 0 Å². The standard InChI is InChI=1S/C13H26N2O2S/c1-3-12-6-8-15(9-7-12)18(16,17)11(2)10-14-13-4-5-13/h11-14H,3-10H2,1-2H3. The summed E-state index contributed by atoms with van der Waals surface area (Å²) in [6, 6.07) is 0.577. The molecule has 4 nitrogen and oxygen atoms in total. The van der Waals surface area contributed by atoms with Crippen LogP contribution in [0.25, 0.3) is 0 Å². The molecule has 0 radical (unpaired) electrons. The lowest BCUT2D eigenvalue weighted by Gasteiger charge is -2.32. The normalized spacial score (nSPS) is 25.2. The van der Waals surface area contributed by atoms with Gasteiger partial charge in [-0.1, -0.05) is 13.3 Å². The van der Waals surface area contributed by atoms with E-state index in [4.69, 9.17) is 0 Å². The number of piperidine rings is 1. The van der Waals surface area contributed by atoms with Crippen LogP contribution in [0.5, 0.6) is 0 Å². The van der Waals surface area contributed by atoms with Gasteiger partial charge in [0, 0.05) is 25.7 Å². The highest BCUT2D eigenvalue weighted by Crippen LogP contribution is 2.24. The van der Waals surface area contributed by atoms with Gasteiger partial charge in [0.05, 0.1) is 5.25 Å². The summed E-state index contributed by atoms with van der Waals surface area (Å²) in [5.41, 5.74) is 0. The Hall–Kier alpha value is -0.130. The lowest BCUT2D eigenvalue weighted by atomic mass is 9.96. The Morgan fingerprint density at radius 3 is 2.33 bits per heavy atom. The molecule has 1 atom stereocenters. The summed E-state index contributed by atoms with van der Waals surface area (Å²) in [7, 11) is -3.09. The van der Waals surface area contributed by atoms with Crippen molar-refractivity contribution >= 4 is 10.0 Å². The fourth-order valence-electron chi connectivity index (χ4n) is 2.55. The Labute approximate surface area is 111 Å². The van der Waals surface area contributed by atoms with Gasteiger partial charge in [-0.3, -0.25) is 0 Å². The molecule has 5 heteroatoms. The maximum atomic E-state index is 12.4. The number of nitrogens with one attached hydrogen (secondary N) is 1. The third-order valence-electron chi connectivity index (χ3n) is 4.29. The molecule has 2 aliphatic rings. The monoisotopic (exact) mass is 274 g/mol. The third-order valence-corrected chi connectivity index (χ3v) is 6.56. The van der Waals surface area contributed by atoms with E-state index in [-0.39, 0.29) is 5.25 Å². The van der Waals surface area contributed by atoms with Gasteiger partial charge in [0.2, 0.25) is 10.0 Å². The van der Waals surface area contributed by atoms with Gasteiger partial charge in [-0.15, -0.1) is 0 Å². The first-order valence-corrected chi connectivity index (χ1v) is 8.76. The molecular weight excluding hydrogens is 248 g/mol. The zero-order valence-electron chi connectivity index (χ0n) is 11.6. The van der Waals surface area contributed by atoms with Gasteiger partial charge >= 0.3 is 0 Å². The molecule has 0 bridgehead atoms. The number of rotatable bonds is 6. The third kappa shape index (κ3) is 3.45. The summed E-state index contributed by atoms with van der Waals surface area (Å²) in [5, 5.41) is 3.02. The minimum Gasteiger partial charge on any atom is -0.313 e. The van der Waals surface area contributed by atoms with Gasteiger partial charge in [0.25, 0.3) is 0 Å². The van der Waals surface area contributed by atoms with E-state index in [1.54, 1.807) is 4.31 Å². The van der Waals surface area contributed by atoms with Crippen molar-refractivity contribution in [1.82, 2.24) is 9.62 Å². The first-order chi connectivity index (χ1) is 8.54. The van der Waals surface area contributed by atoms with Crippen LogP contribution in [0.3, 0.4) is 0 Å². The average molecular weight is 274 g/mol. The molecular formula is C13H26N2O2S. The molecule has 106 valence electrons. The summed E-state index contributed by atoms with van der Waals surface area (Å²) in [5.74, 6) is 0.719. The SMILES string of the molecule is CCC1CCN(S(=O)(=O)C(C)CNC2CC2)CC1. The minimum absolute atomic E-state index is 0.295. The van der Waals surface area contributed by atoms with Crippen molar-refractivity contribution in [3.05, 3.63) is 0 Å². The van der Waals surface area contributed by atoms with Crippen LogP contribution in [0.4, 0.5) is 0 Å². The number of nitrogens with zero attached hydrogens (tertiary/aromatic N) is 1. The van der Waals surface area contributed by atoms with Crippen LogP contribution in [-0.4, -0.2) is 43.6 Å². The van der Waals surface area contributed by atoms with Gasteiger partial charge in [-0.05, 0) is 38.5 Å². The average Bonchev–Trinajstić information content (AvgIpc) is 3.20. The van der Waals surface area contributed by atoms with Gasteiger partial charge in [0.1, 0.15) is 0 Å². The first kappa shape index (κ1) is 14.3. The molecule has 0 spiro atoms. The van der Waals surface area contributed by atoms with Crippen LogP contribution in [0.2, 0.25) is 0 Å². The fraction of sp³-hybridized carbons (Fsp3) is 1.00. The Morgan fingerprint density at radius 1 is 1.22 bits per heavy atom. The molecule has 0 aromatic rings. The van der Waals surface area contributed by atoms with E-state index in [1.807, 2.05) is 6.92 Å². The second kappa shape index (κ2) is 5.88. The summed E-state index contributed by atoms with van der Waals surface area (Å²) in [6.45, 7) is 6.05. The number of hydrogen-bond acceptors (Lipinski definition) is 3. The van der Waals surface area contributed by atoms with Crippen molar-refractivity contribution in [1.29, 1.82) is 0 Å². The molecule has 2 rings (SSSR count). The molecule has 1 N–H and O–H groups in total. The smallest absolute Gasteiger partial charge is 0.217 e. The Bertz CT molecular complexity index is 357. The molecule has 1 aliphatic heterocycles. The van der Waals surface area contributed by atoms with Crippen LogP contribution in [0.1, 0.15) is 46.0 Å².